The van der Waals surface area contributed by atoms with E-state index in [4.69, 9.17) is 0 Å². The van der Waals surface area contributed by atoms with Crippen LogP contribution in [-0.2, 0) is 0 Å². The van der Waals surface area contributed by atoms with Gasteiger partial charge in [0.05, 0.1) is 4.90 Å². The first-order valence-corrected chi connectivity index (χ1v) is 5.68. The van der Waals surface area contributed by atoms with Crippen molar-refractivity contribution >= 4 is 33.2 Å². The SMILES string of the molecule is CSc1c(F)sc2cc(F)ccc12. The summed E-state index contributed by atoms with van der Waals surface area (Å²) >= 11 is 2.34. The number of benzene rings is 1. The zero-order chi connectivity index (χ0) is 9.42. The van der Waals surface area contributed by atoms with Crippen molar-refractivity contribution in [1.82, 2.24) is 0 Å². The van der Waals surface area contributed by atoms with Gasteiger partial charge >= 0.3 is 0 Å². The largest absolute Gasteiger partial charge is 0.207 e. The molecule has 2 aromatic rings. The van der Waals surface area contributed by atoms with Crippen molar-refractivity contribution in [3.8, 4) is 0 Å². The van der Waals surface area contributed by atoms with Crippen LogP contribution in [-0.4, -0.2) is 6.26 Å². The fourth-order valence-electron chi connectivity index (χ4n) is 1.21. The molecule has 0 aliphatic rings. The van der Waals surface area contributed by atoms with Gasteiger partial charge in [-0.1, -0.05) is 0 Å². The molecule has 0 atom stereocenters. The smallest absolute Gasteiger partial charge is 0.191 e. The second kappa shape index (κ2) is 3.27. The summed E-state index contributed by atoms with van der Waals surface area (Å²) in [6.45, 7) is 0. The Morgan fingerprint density at radius 2 is 2.08 bits per heavy atom. The van der Waals surface area contributed by atoms with E-state index in [9.17, 15) is 8.78 Å². The van der Waals surface area contributed by atoms with Crippen LogP contribution < -0.4 is 0 Å². The summed E-state index contributed by atoms with van der Waals surface area (Å²) in [6, 6.07) is 4.34. The maximum absolute atomic E-state index is 13.2. The van der Waals surface area contributed by atoms with E-state index in [1.54, 1.807) is 6.07 Å². The van der Waals surface area contributed by atoms with E-state index in [2.05, 4.69) is 0 Å². The van der Waals surface area contributed by atoms with Gasteiger partial charge < -0.3 is 0 Å². The predicted molar refractivity (Wildman–Crippen MR) is 53.5 cm³/mol. The maximum atomic E-state index is 13.2. The van der Waals surface area contributed by atoms with Crippen LogP contribution in [0.25, 0.3) is 10.1 Å². The van der Waals surface area contributed by atoms with Gasteiger partial charge in [0.25, 0.3) is 0 Å². The lowest BCUT2D eigenvalue weighted by atomic mass is 10.2. The van der Waals surface area contributed by atoms with Crippen molar-refractivity contribution in [3.05, 3.63) is 29.1 Å². The summed E-state index contributed by atoms with van der Waals surface area (Å²) in [7, 11) is 0. The van der Waals surface area contributed by atoms with E-state index in [-0.39, 0.29) is 10.9 Å². The molecule has 0 amide bonds. The number of rotatable bonds is 1. The fourth-order valence-corrected chi connectivity index (χ4v) is 3.05. The summed E-state index contributed by atoms with van der Waals surface area (Å²) < 4.78 is 26.6. The van der Waals surface area contributed by atoms with E-state index >= 15 is 0 Å². The summed E-state index contributed by atoms with van der Waals surface area (Å²) in [5, 5.41) is 0.574. The first-order chi connectivity index (χ1) is 6.22. The van der Waals surface area contributed by atoms with Crippen molar-refractivity contribution in [2.45, 2.75) is 4.90 Å². The Hall–Kier alpha value is -0.610. The minimum atomic E-state index is -0.318. The molecule has 13 heavy (non-hydrogen) atoms. The molecule has 1 heterocycles. The Bertz CT molecular complexity index is 448. The average Bonchev–Trinajstić information content (AvgIpc) is 2.39. The molecule has 68 valence electrons. The fraction of sp³-hybridized carbons (Fsp3) is 0.111. The summed E-state index contributed by atoms with van der Waals surface area (Å²) in [5.41, 5.74) is 0. The lowest BCUT2D eigenvalue weighted by Gasteiger charge is -1.92. The lowest BCUT2D eigenvalue weighted by molar-refractivity contribution is 0.629. The van der Waals surface area contributed by atoms with Crippen LogP contribution in [0.4, 0.5) is 8.78 Å². The van der Waals surface area contributed by atoms with E-state index in [0.717, 1.165) is 16.7 Å². The lowest BCUT2D eigenvalue weighted by Crippen LogP contribution is -1.72. The zero-order valence-corrected chi connectivity index (χ0v) is 8.44. The molecule has 0 radical (unpaired) electrons. The van der Waals surface area contributed by atoms with E-state index in [1.165, 1.54) is 23.9 Å². The number of halogens is 2. The Labute approximate surface area is 82.6 Å². The molecule has 0 aliphatic carbocycles. The van der Waals surface area contributed by atoms with Gasteiger partial charge in [0, 0.05) is 10.1 Å². The molecule has 0 spiro atoms. The van der Waals surface area contributed by atoms with Gasteiger partial charge in [0.1, 0.15) is 5.82 Å². The Kier molecular flexibility index (Phi) is 2.26. The van der Waals surface area contributed by atoms with Gasteiger partial charge in [-0.15, -0.1) is 23.1 Å². The minimum Gasteiger partial charge on any atom is -0.207 e. The van der Waals surface area contributed by atoms with Crippen molar-refractivity contribution in [2.24, 2.45) is 0 Å². The number of hydrogen-bond acceptors (Lipinski definition) is 2. The highest BCUT2D eigenvalue weighted by molar-refractivity contribution is 7.99. The molecule has 1 aromatic heterocycles. The third-order valence-electron chi connectivity index (χ3n) is 1.77. The Morgan fingerprint density at radius 1 is 1.31 bits per heavy atom. The maximum Gasteiger partial charge on any atom is 0.191 e. The molecular weight excluding hydrogens is 210 g/mol. The quantitative estimate of drug-likeness (QED) is 0.651. The van der Waals surface area contributed by atoms with Crippen molar-refractivity contribution in [3.63, 3.8) is 0 Å². The summed E-state index contributed by atoms with van der Waals surface area (Å²) in [5.74, 6) is -0.318. The molecule has 2 rings (SSSR count). The zero-order valence-electron chi connectivity index (χ0n) is 6.80. The predicted octanol–water partition coefficient (Wildman–Crippen LogP) is 3.90. The topological polar surface area (TPSA) is 0 Å². The van der Waals surface area contributed by atoms with Gasteiger partial charge in [0.2, 0.25) is 0 Å². The number of hydrogen-bond donors (Lipinski definition) is 0. The number of fused-ring (bicyclic) bond motifs is 1. The third kappa shape index (κ3) is 1.44. The molecule has 0 bridgehead atoms. The molecule has 0 aliphatic heterocycles. The van der Waals surface area contributed by atoms with E-state index < -0.39 is 0 Å². The van der Waals surface area contributed by atoms with Crippen LogP contribution in [0.3, 0.4) is 0 Å². The molecule has 0 fully saturated rings. The average molecular weight is 216 g/mol. The monoisotopic (exact) mass is 216 g/mol. The third-order valence-corrected chi connectivity index (χ3v) is 3.65. The first-order valence-electron chi connectivity index (χ1n) is 3.64. The highest BCUT2D eigenvalue weighted by atomic mass is 32.2. The highest BCUT2D eigenvalue weighted by Gasteiger charge is 2.10. The van der Waals surface area contributed by atoms with Gasteiger partial charge in [-0.05, 0) is 24.5 Å². The van der Waals surface area contributed by atoms with Crippen LogP contribution in [0, 0.1) is 10.9 Å². The molecular formula is C9H6F2S2. The van der Waals surface area contributed by atoms with Crippen LogP contribution >= 0.6 is 23.1 Å². The van der Waals surface area contributed by atoms with Crippen LogP contribution in [0.5, 0.6) is 0 Å². The van der Waals surface area contributed by atoms with Gasteiger partial charge in [-0.3, -0.25) is 0 Å². The number of thioether (sulfide) groups is 1. The second-order valence-corrected chi connectivity index (χ2v) is 4.37. The molecule has 0 unspecified atom stereocenters. The van der Waals surface area contributed by atoms with Crippen molar-refractivity contribution in [2.75, 3.05) is 6.26 Å². The molecule has 0 nitrogen and oxygen atoms in total. The molecule has 4 heteroatoms. The highest BCUT2D eigenvalue weighted by Crippen LogP contribution is 2.35. The van der Waals surface area contributed by atoms with E-state index in [1.807, 2.05) is 6.26 Å². The molecule has 0 saturated carbocycles. The minimum absolute atomic E-state index is 0.229. The Balaban J connectivity index is 2.79. The Morgan fingerprint density at radius 3 is 2.77 bits per heavy atom. The van der Waals surface area contributed by atoms with Crippen LogP contribution in [0.15, 0.2) is 23.1 Å². The van der Waals surface area contributed by atoms with Crippen LogP contribution in [0.1, 0.15) is 0 Å². The first kappa shape index (κ1) is 8.97. The summed E-state index contributed by atoms with van der Waals surface area (Å²) in [4.78, 5) is 0.611. The summed E-state index contributed by atoms with van der Waals surface area (Å²) in [6.07, 6.45) is 1.81. The standard InChI is InChI=1S/C9H6F2S2/c1-12-8-6-3-2-5(10)4-7(6)13-9(8)11/h2-4H,1H3. The van der Waals surface area contributed by atoms with E-state index in [0.29, 0.717) is 9.60 Å². The molecule has 0 N–H and O–H groups in total. The number of thiophene rings is 1. The van der Waals surface area contributed by atoms with Gasteiger partial charge in [-0.2, -0.15) is 4.39 Å². The van der Waals surface area contributed by atoms with Crippen molar-refractivity contribution in [1.29, 1.82) is 0 Å². The normalized spacial score (nSPS) is 11.0. The molecule has 0 saturated heterocycles. The van der Waals surface area contributed by atoms with Gasteiger partial charge in [0.15, 0.2) is 5.13 Å². The van der Waals surface area contributed by atoms with Crippen molar-refractivity contribution < 1.29 is 8.78 Å². The second-order valence-electron chi connectivity index (χ2n) is 2.55. The van der Waals surface area contributed by atoms with Gasteiger partial charge in [-0.25, -0.2) is 4.39 Å². The van der Waals surface area contributed by atoms with Crippen LogP contribution in [0.2, 0.25) is 0 Å². The molecule has 1 aromatic carbocycles.